The van der Waals surface area contributed by atoms with Crippen molar-refractivity contribution < 1.29 is 10.0 Å². The van der Waals surface area contributed by atoms with Crippen LogP contribution in [0.2, 0.25) is 0 Å². The van der Waals surface area contributed by atoms with Crippen LogP contribution in [-0.2, 0) is 6.54 Å². The average Bonchev–Trinajstić information content (AvgIpc) is 2.91. The van der Waals surface area contributed by atoms with Crippen molar-refractivity contribution in [1.29, 1.82) is 0 Å². The maximum atomic E-state index is 11.5. The van der Waals surface area contributed by atoms with Gasteiger partial charge >= 0.3 is 0 Å². The van der Waals surface area contributed by atoms with Gasteiger partial charge < -0.3 is 10.3 Å². The molecular weight excluding hydrogens is 266 g/mol. The standard InChI is InChI=1S/C16H15N3O2/c17-14-5-1-11(2-6-14)10-19-8-7-12-3-4-13(9-15(12)19)16(20)18-21/h1-9,21H,10,17H2,(H,18,20). The molecule has 0 bridgehead atoms. The molecule has 3 aromatic rings. The Hall–Kier alpha value is -2.79. The van der Waals surface area contributed by atoms with E-state index in [0.717, 1.165) is 22.2 Å². The summed E-state index contributed by atoms with van der Waals surface area (Å²) in [7, 11) is 0. The SMILES string of the molecule is Nc1ccc(Cn2ccc3ccc(C(=O)NO)cc32)cc1. The number of nitrogen functional groups attached to an aromatic ring is 1. The summed E-state index contributed by atoms with van der Waals surface area (Å²) < 4.78 is 2.05. The predicted octanol–water partition coefficient (Wildman–Crippen LogP) is 2.39. The summed E-state index contributed by atoms with van der Waals surface area (Å²) in [4.78, 5) is 11.5. The molecular formula is C16H15N3O2. The summed E-state index contributed by atoms with van der Waals surface area (Å²) in [6.45, 7) is 0.688. The van der Waals surface area contributed by atoms with Crippen LogP contribution >= 0.6 is 0 Å². The minimum absolute atomic E-state index is 0.419. The molecule has 0 radical (unpaired) electrons. The Morgan fingerprint density at radius 2 is 1.90 bits per heavy atom. The highest BCUT2D eigenvalue weighted by Gasteiger charge is 2.08. The highest BCUT2D eigenvalue weighted by Crippen LogP contribution is 2.19. The lowest BCUT2D eigenvalue weighted by Crippen LogP contribution is -2.18. The van der Waals surface area contributed by atoms with Gasteiger partial charge in [0.2, 0.25) is 0 Å². The van der Waals surface area contributed by atoms with E-state index in [1.165, 1.54) is 0 Å². The number of amides is 1. The molecule has 0 fully saturated rings. The number of rotatable bonds is 3. The Labute approximate surface area is 121 Å². The molecule has 0 aliphatic rings. The third-order valence-electron chi connectivity index (χ3n) is 3.47. The Morgan fingerprint density at radius 3 is 2.62 bits per heavy atom. The highest BCUT2D eigenvalue weighted by molar-refractivity contribution is 5.97. The molecule has 5 heteroatoms. The van der Waals surface area contributed by atoms with E-state index in [-0.39, 0.29) is 0 Å². The molecule has 1 aromatic heterocycles. The van der Waals surface area contributed by atoms with Gasteiger partial charge in [0, 0.05) is 29.5 Å². The first-order chi connectivity index (χ1) is 10.2. The fraction of sp³-hybridized carbons (Fsp3) is 0.0625. The van der Waals surface area contributed by atoms with Gasteiger partial charge in [0.25, 0.3) is 5.91 Å². The first-order valence-corrected chi connectivity index (χ1v) is 6.55. The van der Waals surface area contributed by atoms with E-state index in [4.69, 9.17) is 10.9 Å². The third kappa shape index (κ3) is 2.59. The summed E-state index contributed by atoms with van der Waals surface area (Å²) in [5.74, 6) is -0.517. The van der Waals surface area contributed by atoms with Gasteiger partial charge in [-0.1, -0.05) is 18.2 Å². The summed E-state index contributed by atoms with van der Waals surface area (Å²) in [6.07, 6.45) is 1.97. The quantitative estimate of drug-likeness (QED) is 0.392. The van der Waals surface area contributed by atoms with E-state index in [2.05, 4.69) is 4.57 Å². The van der Waals surface area contributed by atoms with Crippen molar-refractivity contribution in [2.75, 3.05) is 5.73 Å². The van der Waals surface area contributed by atoms with Gasteiger partial charge in [0.15, 0.2) is 0 Å². The molecule has 0 aliphatic heterocycles. The molecule has 0 spiro atoms. The fourth-order valence-corrected chi connectivity index (χ4v) is 2.35. The van der Waals surface area contributed by atoms with E-state index in [1.54, 1.807) is 17.6 Å². The van der Waals surface area contributed by atoms with Crippen molar-refractivity contribution in [1.82, 2.24) is 10.0 Å². The number of nitrogens with two attached hydrogens (primary N) is 1. The molecule has 0 aliphatic carbocycles. The number of aromatic nitrogens is 1. The largest absolute Gasteiger partial charge is 0.399 e. The minimum Gasteiger partial charge on any atom is -0.399 e. The number of benzene rings is 2. The third-order valence-corrected chi connectivity index (χ3v) is 3.47. The second kappa shape index (κ2) is 5.30. The number of nitrogens with one attached hydrogen (secondary N) is 1. The number of hydrogen-bond donors (Lipinski definition) is 3. The summed E-state index contributed by atoms with van der Waals surface area (Å²) >= 11 is 0. The molecule has 1 amide bonds. The van der Waals surface area contributed by atoms with Crippen LogP contribution in [0.15, 0.2) is 54.7 Å². The Morgan fingerprint density at radius 1 is 1.14 bits per heavy atom. The van der Waals surface area contributed by atoms with Crippen LogP contribution in [0, 0.1) is 0 Å². The number of anilines is 1. The molecule has 0 atom stereocenters. The van der Waals surface area contributed by atoms with Crippen LogP contribution in [0.4, 0.5) is 5.69 Å². The van der Waals surface area contributed by atoms with Crippen molar-refractivity contribution in [2.45, 2.75) is 6.54 Å². The van der Waals surface area contributed by atoms with Crippen molar-refractivity contribution in [2.24, 2.45) is 0 Å². The lowest BCUT2D eigenvalue weighted by atomic mass is 10.1. The van der Waals surface area contributed by atoms with Crippen molar-refractivity contribution in [3.63, 3.8) is 0 Å². The molecule has 106 valence electrons. The summed E-state index contributed by atoms with van der Waals surface area (Å²) in [5.41, 5.74) is 10.6. The van der Waals surface area contributed by atoms with E-state index in [1.807, 2.05) is 42.6 Å². The number of hydroxylamine groups is 1. The predicted molar refractivity (Wildman–Crippen MR) is 81.1 cm³/mol. The highest BCUT2D eigenvalue weighted by atomic mass is 16.5. The van der Waals surface area contributed by atoms with Gasteiger partial charge in [-0.05, 0) is 41.3 Å². The minimum atomic E-state index is -0.517. The van der Waals surface area contributed by atoms with E-state index < -0.39 is 5.91 Å². The van der Waals surface area contributed by atoms with Gasteiger partial charge in [-0.15, -0.1) is 0 Å². The van der Waals surface area contributed by atoms with Crippen LogP contribution in [-0.4, -0.2) is 15.7 Å². The van der Waals surface area contributed by atoms with Crippen LogP contribution in [0.1, 0.15) is 15.9 Å². The molecule has 3 rings (SSSR count). The number of carbonyl (C=O) groups excluding carboxylic acids is 1. The molecule has 1 heterocycles. The van der Waals surface area contributed by atoms with Gasteiger partial charge in [-0.2, -0.15) is 0 Å². The number of fused-ring (bicyclic) bond motifs is 1. The molecule has 2 aromatic carbocycles. The fourth-order valence-electron chi connectivity index (χ4n) is 2.35. The molecule has 0 saturated heterocycles. The van der Waals surface area contributed by atoms with Gasteiger partial charge in [-0.25, -0.2) is 5.48 Å². The smallest absolute Gasteiger partial charge is 0.274 e. The normalized spacial score (nSPS) is 10.7. The zero-order valence-corrected chi connectivity index (χ0v) is 11.3. The Kier molecular flexibility index (Phi) is 3.33. The monoisotopic (exact) mass is 281 g/mol. The van der Waals surface area contributed by atoms with Gasteiger partial charge in [0.05, 0.1) is 0 Å². The Balaban J connectivity index is 1.98. The number of hydrogen-bond acceptors (Lipinski definition) is 3. The maximum absolute atomic E-state index is 11.5. The summed E-state index contributed by atoms with van der Waals surface area (Å²) in [5, 5.41) is 9.76. The lowest BCUT2D eigenvalue weighted by molar-refractivity contribution is 0.0706. The average molecular weight is 281 g/mol. The van der Waals surface area contributed by atoms with E-state index >= 15 is 0 Å². The topological polar surface area (TPSA) is 80.3 Å². The lowest BCUT2D eigenvalue weighted by Gasteiger charge is -2.07. The summed E-state index contributed by atoms with van der Waals surface area (Å²) in [6, 6.07) is 15.0. The first-order valence-electron chi connectivity index (χ1n) is 6.55. The van der Waals surface area contributed by atoms with Crippen LogP contribution in [0.3, 0.4) is 0 Å². The van der Waals surface area contributed by atoms with Crippen LogP contribution in [0.25, 0.3) is 10.9 Å². The van der Waals surface area contributed by atoms with E-state index in [0.29, 0.717) is 12.1 Å². The Bertz CT molecular complexity index is 791. The molecule has 21 heavy (non-hydrogen) atoms. The zero-order chi connectivity index (χ0) is 14.8. The van der Waals surface area contributed by atoms with E-state index in [9.17, 15) is 4.79 Å². The zero-order valence-electron chi connectivity index (χ0n) is 11.3. The van der Waals surface area contributed by atoms with Crippen LogP contribution < -0.4 is 11.2 Å². The van der Waals surface area contributed by atoms with Crippen molar-refractivity contribution in [3.05, 3.63) is 65.9 Å². The second-order valence-corrected chi connectivity index (χ2v) is 4.90. The van der Waals surface area contributed by atoms with Gasteiger partial charge in [0.1, 0.15) is 0 Å². The van der Waals surface area contributed by atoms with Crippen molar-refractivity contribution in [3.8, 4) is 0 Å². The maximum Gasteiger partial charge on any atom is 0.274 e. The number of carbonyl (C=O) groups is 1. The van der Waals surface area contributed by atoms with Crippen molar-refractivity contribution >= 4 is 22.5 Å². The number of nitrogens with zero attached hydrogens (tertiary/aromatic N) is 1. The molecule has 4 N–H and O–H groups in total. The molecule has 0 unspecified atom stereocenters. The van der Waals surface area contributed by atoms with Gasteiger partial charge in [-0.3, -0.25) is 10.0 Å². The first kappa shape index (κ1) is 13.2. The molecule has 0 saturated carbocycles. The molecule has 5 nitrogen and oxygen atoms in total. The second-order valence-electron chi connectivity index (χ2n) is 4.90. The van der Waals surface area contributed by atoms with Crippen LogP contribution in [0.5, 0.6) is 0 Å².